The number of nitrogens with two attached hydrogens (primary N) is 1. The molecule has 82 valence electrons. The van der Waals surface area contributed by atoms with E-state index in [0.29, 0.717) is 5.75 Å². The standard InChI is InChI=1S/C10H16BNO3/c1-8(12)6-9-2-4-10(5-3-9)15-7-11(13)14/h2-5,8,13-14H,6-7,12H2,1H3/t8-/m0/s1. The topological polar surface area (TPSA) is 75.7 Å². The Morgan fingerprint density at radius 3 is 2.40 bits per heavy atom. The molecule has 0 radical (unpaired) electrons. The minimum Gasteiger partial charge on any atom is -0.496 e. The van der Waals surface area contributed by atoms with Crippen molar-refractivity contribution in [2.75, 3.05) is 6.51 Å². The highest BCUT2D eigenvalue weighted by molar-refractivity contribution is 6.40. The molecule has 5 heteroatoms. The first-order valence-electron chi connectivity index (χ1n) is 4.91. The summed E-state index contributed by atoms with van der Waals surface area (Å²) in [4.78, 5) is 0. The minimum absolute atomic E-state index is 0.118. The van der Waals surface area contributed by atoms with E-state index in [4.69, 9.17) is 20.5 Å². The summed E-state index contributed by atoms with van der Waals surface area (Å²) in [6.45, 7) is 1.83. The molecular formula is C10H16BNO3. The molecule has 0 unspecified atom stereocenters. The molecule has 1 rings (SSSR count). The van der Waals surface area contributed by atoms with E-state index in [1.54, 1.807) is 12.1 Å². The highest BCUT2D eigenvalue weighted by Gasteiger charge is 2.07. The summed E-state index contributed by atoms with van der Waals surface area (Å²) in [5.41, 5.74) is 6.80. The second-order valence-electron chi connectivity index (χ2n) is 3.62. The van der Waals surface area contributed by atoms with Crippen LogP contribution in [-0.2, 0) is 6.42 Å². The Labute approximate surface area is 89.8 Å². The molecule has 1 aromatic rings. The fraction of sp³-hybridized carbons (Fsp3) is 0.400. The van der Waals surface area contributed by atoms with Crippen molar-refractivity contribution in [3.63, 3.8) is 0 Å². The van der Waals surface area contributed by atoms with E-state index in [2.05, 4.69) is 0 Å². The van der Waals surface area contributed by atoms with Gasteiger partial charge in [0.2, 0.25) is 0 Å². The van der Waals surface area contributed by atoms with Gasteiger partial charge in [-0.15, -0.1) is 0 Å². The van der Waals surface area contributed by atoms with Crippen LogP contribution in [0.4, 0.5) is 0 Å². The zero-order valence-corrected chi connectivity index (χ0v) is 8.76. The number of rotatable bonds is 5. The molecular weight excluding hydrogens is 193 g/mol. The van der Waals surface area contributed by atoms with Crippen molar-refractivity contribution in [2.24, 2.45) is 5.73 Å². The van der Waals surface area contributed by atoms with Crippen molar-refractivity contribution in [1.82, 2.24) is 0 Å². The molecule has 4 nitrogen and oxygen atoms in total. The van der Waals surface area contributed by atoms with Crippen molar-refractivity contribution in [3.8, 4) is 5.75 Å². The molecule has 1 aromatic carbocycles. The number of hydrogen-bond donors (Lipinski definition) is 3. The van der Waals surface area contributed by atoms with E-state index in [1.807, 2.05) is 19.1 Å². The van der Waals surface area contributed by atoms with Crippen LogP contribution < -0.4 is 10.5 Å². The molecule has 0 aliphatic rings. The molecule has 0 spiro atoms. The summed E-state index contributed by atoms with van der Waals surface area (Å²) >= 11 is 0. The SMILES string of the molecule is C[C@H](N)Cc1ccc(OCB(O)O)cc1. The second-order valence-corrected chi connectivity index (χ2v) is 3.62. The summed E-state index contributed by atoms with van der Waals surface area (Å²) in [5, 5.41) is 17.2. The summed E-state index contributed by atoms with van der Waals surface area (Å²) in [6, 6.07) is 7.56. The van der Waals surface area contributed by atoms with Gasteiger partial charge in [-0.1, -0.05) is 12.1 Å². The maximum absolute atomic E-state index is 8.60. The van der Waals surface area contributed by atoms with Gasteiger partial charge in [0.05, 0.1) is 0 Å². The highest BCUT2D eigenvalue weighted by Crippen LogP contribution is 2.13. The van der Waals surface area contributed by atoms with Gasteiger partial charge < -0.3 is 20.5 Å². The Balaban J connectivity index is 2.49. The van der Waals surface area contributed by atoms with Crippen LogP contribution in [0.5, 0.6) is 5.75 Å². The first kappa shape index (κ1) is 12.0. The lowest BCUT2D eigenvalue weighted by atomic mass is 9.95. The van der Waals surface area contributed by atoms with E-state index < -0.39 is 7.12 Å². The van der Waals surface area contributed by atoms with Gasteiger partial charge in [-0.05, 0) is 31.0 Å². The van der Waals surface area contributed by atoms with Crippen LogP contribution in [0.1, 0.15) is 12.5 Å². The van der Waals surface area contributed by atoms with E-state index in [9.17, 15) is 0 Å². The van der Waals surface area contributed by atoms with Crippen LogP contribution >= 0.6 is 0 Å². The Hall–Kier alpha value is -1.04. The molecule has 4 N–H and O–H groups in total. The summed E-state index contributed by atoms with van der Waals surface area (Å²) < 4.78 is 5.10. The number of ether oxygens (including phenoxy) is 1. The predicted molar refractivity (Wildman–Crippen MR) is 59.5 cm³/mol. The zero-order valence-electron chi connectivity index (χ0n) is 8.76. The lowest BCUT2D eigenvalue weighted by Crippen LogP contribution is -2.22. The van der Waals surface area contributed by atoms with Crippen LogP contribution in [0.25, 0.3) is 0 Å². The first-order valence-corrected chi connectivity index (χ1v) is 4.91. The fourth-order valence-corrected chi connectivity index (χ4v) is 1.26. The van der Waals surface area contributed by atoms with Crippen molar-refractivity contribution >= 4 is 7.12 Å². The van der Waals surface area contributed by atoms with Crippen LogP contribution in [-0.4, -0.2) is 29.7 Å². The zero-order chi connectivity index (χ0) is 11.3. The van der Waals surface area contributed by atoms with E-state index >= 15 is 0 Å². The summed E-state index contributed by atoms with van der Waals surface area (Å²) in [7, 11) is -1.44. The van der Waals surface area contributed by atoms with Crippen molar-refractivity contribution < 1.29 is 14.8 Å². The van der Waals surface area contributed by atoms with Gasteiger partial charge in [-0.2, -0.15) is 0 Å². The Morgan fingerprint density at radius 1 is 1.33 bits per heavy atom. The molecule has 0 amide bonds. The van der Waals surface area contributed by atoms with Crippen LogP contribution in [0.15, 0.2) is 24.3 Å². The lowest BCUT2D eigenvalue weighted by Gasteiger charge is -2.07. The molecule has 0 aliphatic heterocycles. The lowest BCUT2D eigenvalue weighted by molar-refractivity contribution is 0.306. The molecule has 0 aromatic heterocycles. The molecule has 0 aliphatic carbocycles. The van der Waals surface area contributed by atoms with Crippen molar-refractivity contribution in [2.45, 2.75) is 19.4 Å². The normalized spacial score (nSPS) is 12.3. The van der Waals surface area contributed by atoms with Gasteiger partial charge >= 0.3 is 7.12 Å². The molecule has 0 saturated carbocycles. The molecule has 0 bridgehead atoms. The van der Waals surface area contributed by atoms with Crippen molar-refractivity contribution in [1.29, 1.82) is 0 Å². The Kier molecular flexibility index (Phi) is 4.61. The van der Waals surface area contributed by atoms with Gasteiger partial charge in [-0.25, -0.2) is 0 Å². The van der Waals surface area contributed by atoms with Crippen LogP contribution in [0.2, 0.25) is 0 Å². The maximum Gasteiger partial charge on any atom is 0.491 e. The Bertz CT molecular complexity index is 287. The molecule has 1 atom stereocenters. The average Bonchev–Trinajstić information content (AvgIpc) is 2.16. The third-order valence-electron chi connectivity index (χ3n) is 1.88. The Morgan fingerprint density at radius 2 is 1.93 bits per heavy atom. The third-order valence-corrected chi connectivity index (χ3v) is 1.88. The number of benzene rings is 1. The second kappa shape index (κ2) is 5.75. The van der Waals surface area contributed by atoms with E-state index in [1.165, 1.54) is 0 Å². The fourth-order valence-electron chi connectivity index (χ4n) is 1.26. The van der Waals surface area contributed by atoms with Crippen LogP contribution in [0, 0.1) is 0 Å². The first-order chi connectivity index (χ1) is 7.08. The van der Waals surface area contributed by atoms with E-state index in [0.717, 1.165) is 12.0 Å². The largest absolute Gasteiger partial charge is 0.496 e. The third kappa shape index (κ3) is 4.83. The van der Waals surface area contributed by atoms with E-state index in [-0.39, 0.29) is 12.5 Å². The quantitative estimate of drug-likeness (QED) is 0.595. The monoisotopic (exact) mass is 209 g/mol. The van der Waals surface area contributed by atoms with Gasteiger partial charge in [0.15, 0.2) is 0 Å². The molecule has 0 fully saturated rings. The molecule has 0 saturated heterocycles. The van der Waals surface area contributed by atoms with Crippen LogP contribution in [0.3, 0.4) is 0 Å². The van der Waals surface area contributed by atoms with Crippen molar-refractivity contribution in [3.05, 3.63) is 29.8 Å². The molecule has 0 heterocycles. The highest BCUT2D eigenvalue weighted by atomic mass is 16.5. The van der Waals surface area contributed by atoms with Gasteiger partial charge in [0.1, 0.15) is 12.3 Å². The maximum atomic E-state index is 8.60. The van der Waals surface area contributed by atoms with Gasteiger partial charge in [0.25, 0.3) is 0 Å². The summed E-state index contributed by atoms with van der Waals surface area (Å²) in [5.74, 6) is 0.622. The summed E-state index contributed by atoms with van der Waals surface area (Å²) in [6.07, 6.45) is 0.822. The molecule has 15 heavy (non-hydrogen) atoms. The average molecular weight is 209 g/mol. The smallest absolute Gasteiger partial charge is 0.491 e. The van der Waals surface area contributed by atoms with Gasteiger partial charge in [-0.3, -0.25) is 0 Å². The van der Waals surface area contributed by atoms with Gasteiger partial charge in [0, 0.05) is 6.04 Å². The minimum atomic E-state index is -1.44. The predicted octanol–water partition coefficient (Wildman–Crippen LogP) is -0.0329. The number of hydrogen-bond acceptors (Lipinski definition) is 4.